The Labute approximate surface area is 156 Å². The van der Waals surface area contributed by atoms with E-state index >= 15 is 0 Å². The maximum Gasteiger partial charge on any atom is 0.269 e. The van der Waals surface area contributed by atoms with Gasteiger partial charge < -0.3 is 10.2 Å². The fourth-order valence-electron chi connectivity index (χ4n) is 4.24. The van der Waals surface area contributed by atoms with Crippen molar-refractivity contribution in [3.8, 4) is 0 Å². The lowest BCUT2D eigenvalue weighted by molar-refractivity contribution is -0.128. The zero-order chi connectivity index (χ0) is 18.7. The number of nitrogens with one attached hydrogen (secondary N) is 1. The molecular formula is C20H32N4O2. The van der Waals surface area contributed by atoms with Gasteiger partial charge in [0.05, 0.1) is 11.7 Å². The summed E-state index contributed by atoms with van der Waals surface area (Å²) in [5.74, 6) is 1.18. The van der Waals surface area contributed by atoms with Gasteiger partial charge in [0.15, 0.2) is 0 Å². The fraction of sp³-hybridized carbons (Fsp3) is 0.750. The van der Waals surface area contributed by atoms with Crippen LogP contribution in [0.5, 0.6) is 0 Å². The summed E-state index contributed by atoms with van der Waals surface area (Å²) in [5.41, 5.74) is 1.51. The van der Waals surface area contributed by atoms with E-state index in [0.29, 0.717) is 30.5 Å². The van der Waals surface area contributed by atoms with Gasteiger partial charge in [0.2, 0.25) is 5.91 Å². The average Bonchev–Trinajstić information content (AvgIpc) is 3.10. The van der Waals surface area contributed by atoms with Gasteiger partial charge >= 0.3 is 0 Å². The number of hydrogen-bond donors (Lipinski definition) is 1. The molecule has 0 aromatic carbocycles. The third-order valence-electron chi connectivity index (χ3n) is 5.53. The predicted molar refractivity (Wildman–Crippen MR) is 101 cm³/mol. The van der Waals surface area contributed by atoms with E-state index in [1.165, 1.54) is 32.1 Å². The van der Waals surface area contributed by atoms with Gasteiger partial charge in [-0.2, -0.15) is 5.10 Å². The van der Waals surface area contributed by atoms with Gasteiger partial charge in [-0.05, 0) is 37.2 Å². The Morgan fingerprint density at radius 1 is 1.31 bits per heavy atom. The first-order valence-electron chi connectivity index (χ1n) is 10.0. The van der Waals surface area contributed by atoms with Crippen molar-refractivity contribution in [2.75, 3.05) is 13.1 Å². The Hall–Kier alpha value is -1.85. The molecule has 1 saturated heterocycles. The smallest absolute Gasteiger partial charge is 0.269 e. The lowest BCUT2D eigenvalue weighted by Gasteiger charge is -2.27. The SMILES string of the molecule is CC(C)Cc1cc(C(=O)NC2CC(=O)N(CC3CCCCC3)C2)n(C)n1. The van der Waals surface area contributed by atoms with E-state index in [2.05, 4.69) is 24.3 Å². The summed E-state index contributed by atoms with van der Waals surface area (Å²) in [6, 6.07) is 1.77. The number of amides is 2. The molecule has 6 heteroatoms. The molecule has 26 heavy (non-hydrogen) atoms. The van der Waals surface area contributed by atoms with Crippen LogP contribution in [0.2, 0.25) is 0 Å². The molecule has 0 radical (unpaired) electrons. The zero-order valence-corrected chi connectivity index (χ0v) is 16.3. The third kappa shape index (κ3) is 4.65. The summed E-state index contributed by atoms with van der Waals surface area (Å²) in [6.07, 6.45) is 7.63. The standard InChI is InChI=1S/C20H32N4O2/c1-14(2)9-16-10-18(23(3)22-16)20(26)21-17-11-19(25)24(13-17)12-15-7-5-4-6-8-15/h10,14-15,17H,4-9,11-13H2,1-3H3,(H,21,26). The highest BCUT2D eigenvalue weighted by molar-refractivity contribution is 5.93. The molecule has 2 heterocycles. The van der Waals surface area contributed by atoms with E-state index in [9.17, 15) is 9.59 Å². The normalized spacial score (nSPS) is 21.6. The Balaban J connectivity index is 1.55. The van der Waals surface area contributed by atoms with E-state index < -0.39 is 0 Å². The molecule has 144 valence electrons. The fourth-order valence-corrected chi connectivity index (χ4v) is 4.24. The molecule has 3 rings (SSSR count). The number of nitrogens with zero attached hydrogens (tertiary/aromatic N) is 3. The van der Waals surface area contributed by atoms with Crippen molar-refractivity contribution >= 4 is 11.8 Å². The molecule has 1 saturated carbocycles. The molecule has 1 aromatic rings. The zero-order valence-electron chi connectivity index (χ0n) is 16.3. The van der Waals surface area contributed by atoms with Gasteiger partial charge in [-0.15, -0.1) is 0 Å². The van der Waals surface area contributed by atoms with Crippen LogP contribution in [0.25, 0.3) is 0 Å². The van der Waals surface area contributed by atoms with E-state index in [1.54, 1.807) is 11.7 Å². The highest BCUT2D eigenvalue weighted by Crippen LogP contribution is 2.26. The molecule has 2 aliphatic rings. The minimum atomic E-state index is -0.132. The highest BCUT2D eigenvalue weighted by atomic mass is 16.2. The van der Waals surface area contributed by atoms with Crippen molar-refractivity contribution in [2.24, 2.45) is 18.9 Å². The van der Waals surface area contributed by atoms with Crippen LogP contribution in [-0.2, 0) is 18.3 Å². The van der Waals surface area contributed by atoms with Crippen molar-refractivity contribution in [2.45, 2.75) is 64.8 Å². The number of carbonyl (C=O) groups excluding carboxylic acids is 2. The molecule has 2 fully saturated rings. The number of likely N-dealkylation sites (tertiary alicyclic amines) is 1. The molecule has 0 spiro atoms. The molecule has 1 N–H and O–H groups in total. The molecule has 1 aliphatic heterocycles. The molecule has 1 aromatic heterocycles. The number of rotatable bonds is 6. The van der Waals surface area contributed by atoms with Gasteiger partial charge in [0.1, 0.15) is 5.69 Å². The lowest BCUT2D eigenvalue weighted by Crippen LogP contribution is -2.39. The monoisotopic (exact) mass is 360 g/mol. The molecule has 2 amide bonds. The van der Waals surface area contributed by atoms with Crippen molar-refractivity contribution in [3.63, 3.8) is 0 Å². The average molecular weight is 361 g/mol. The van der Waals surface area contributed by atoms with Crippen LogP contribution in [0.3, 0.4) is 0 Å². The van der Waals surface area contributed by atoms with Gasteiger partial charge in [0, 0.05) is 26.6 Å². The molecule has 1 unspecified atom stereocenters. The van der Waals surface area contributed by atoms with Crippen LogP contribution >= 0.6 is 0 Å². The Bertz CT molecular complexity index is 646. The predicted octanol–water partition coefficient (Wildman–Crippen LogP) is 2.53. The van der Waals surface area contributed by atoms with Crippen molar-refractivity contribution in [1.82, 2.24) is 20.0 Å². The van der Waals surface area contributed by atoms with Gasteiger partial charge in [0.25, 0.3) is 5.91 Å². The van der Waals surface area contributed by atoms with E-state index in [0.717, 1.165) is 18.7 Å². The molecule has 1 aliphatic carbocycles. The quantitative estimate of drug-likeness (QED) is 0.848. The van der Waals surface area contributed by atoms with Crippen LogP contribution in [0.15, 0.2) is 6.07 Å². The Morgan fingerprint density at radius 2 is 2.04 bits per heavy atom. The molecule has 6 nitrogen and oxygen atoms in total. The largest absolute Gasteiger partial charge is 0.346 e. The number of carbonyl (C=O) groups is 2. The number of aromatic nitrogens is 2. The molecular weight excluding hydrogens is 328 g/mol. The van der Waals surface area contributed by atoms with E-state index in [1.807, 2.05) is 11.0 Å². The second kappa shape index (κ2) is 8.23. The van der Waals surface area contributed by atoms with Crippen LogP contribution in [-0.4, -0.2) is 45.6 Å². The maximum absolute atomic E-state index is 12.6. The second-order valence-electron chi connectivity index (χ2n) is 8.42. The number of hydrogen-bond acceptors (Lipinski definition) is 3. The third-order valence-corrected chi connectivity index (χ3v) is 5.53. The highest BCUT2D eigenvalue weighted by Gasteiger charge is 2.32. The first kappa shape index (κ1) is 18.9. The van der Waals surface area contributed by atoms with Crippen LogP contribution in [0, 0.1) is 11.8 Å². The first-order chi connectivity index (χ1) is 12.4. The first-order valence-corrected chi connectivity index (χ1v) is 10.0. The minimum absolute atomic E-state index is 0.0953. The Morgan fingerprint density at radius 3 is 2.73 bits per heavy atom. The van der Waals surface area contributed by atoms with Gasteiger partial charge in [-0.1, -0.05) is 33.1 Å². The maximum atomic E-state index is 12.6. The summed E-state index contributed by atoms with van der Waals surface area (Å²) in [5, 5.41) is 7.47. The number of aryl methyl sites for hydroxylation is 1. The van der Waals surface area contributed by atoms with Crippen LogP contribution in [0.4, 0.5) is 0 Å². The van der Waals surface area contributed by atoms with Crippen molar-refractivity contribution in [3.05, 3.63) is 17.5 Å². The van der Waals surface area contributed by atoms with Crippen LogP contribution in [0.1, 0.15) is 68.6 Å². The second-order valence-corrected chi connectivity index (χ2v) is 8.42. The van der Waals surface area contributed by atoms with Gasteiger partial charge in [-0.25, -0.2) is 0 Å². The van der Waals surface area contributed by atoms with Gasteiger partial charge in [-0.3, -0.25) is 14.3 Å². The topological polar surface area (TPSA) is 67.2 Å². The summed E-state index contributed by atoms with van der Waals surface area (Å²) < 4.78 is 1.64. The molecule has 1 atom stereocenters. The van der Waals surface area contributed by atoms with Crippen LogP contribution < -0.4 is 5.32 Å². The minimum Gasteiger partial charge on any atom is -0.346 e. The summed E-state index contributed by atoms with van der Waals surface area (Å²) in [7, 11) is 1.80. The summed E-state index contributed by atoms with van der Waals surface area (Å²) in [4.78, 5) is 26.9. The summed E-state index contributed by atoms with van der Waals surface area (Å²) in [6.45, 7) is 5.77. The van der Waals surface area contributed by atoms with Crippen molar-refractivity contribution < 1.29 is 9.59 Å². The van der Waals surface area contributed by atoms with Crippen molar-refractivity contribution in [1.29, 1.82) is 0 Å². The van der Waals surface area contributed by atoms with E-state index in [4.69, 9.17) is 0 Å². The summed E-state index contributed by atoms with van der Waals surface area (Å²) >= 11 is 0. The Kier molecular flexibility index (Phi) is 5.99. The lowest BCUT2D eigenvalue weighted by atomic mass is 9.89. The molecule has 0 bridgehead atoms. The van der Waals surface area contributed by atoms with E-state index in [-0.39, 0.29) is 17.9 Å².